The number of anilines is 1. The van der Waals surface area contributed by atoms with Crippen molar-refractivity contribution in [2.45, 2.75) is 19.9 Å². The molecule has 5 nitrogen and oxygen atoms in total. The Bertz CT molecular complexity index is 651. The molecular formula is C15H19N5S. The molecule has 0 N–H and O–H groups in total. The first kappa shape index (κ1) is 14.2. The van der Waals surface area contributed by atoms with Crippen LogP contribution in [-0.4, -0.2) is 47.1 Å². The van der Waals surface area contributed by atoms with Crippen LogP contribution < -0.4 is 4.90 Å². The topological polar surface area (TPSA) is 56.1 Å². The van der Waals surface area contributed by atoms with Crippen LogP contribution >= 0.6 is 11.3 Å². The van der Waals surface area contributed by atoms with E-state index in [1.165, 1.54) is 0 Å². The van der Waals surface area contributed by atoms with E-state index in [1.807, 2.05) is 6.07 Å². The van der Waals surface area contributed by atoms with Crippen LogP contribution in [0.3, 0.4) is 0 Å². The van der Waals surface area contributed by atoms with Crippen LogP contribution in [0.1, 0.15) is 13.8 Å². The first-order valence-corrected chi connectivity index (χ1v) is 8.15. The predicted octanol–water partition coefficient (Wildman–Crippen LogP) is 2.36. The zero-order valence-electron chi connectivity index (χ0n) is 12.4. The summed E-state index contributed by atoms with van der Waals surface area (Å²) in [6.45, 7) is 7.87. The zero-order valence-corrected chi connectivity index (χ0v) is 13.2. The van der Waals surface area contributed by atoms with Crippen molar-refractivity contribution in [2.75, 3.05) is 31.1 Å². The van der Waals surface area contributed by atoms with E-state index in [4.69, 9.17) is 0 Å². The van der Waals surface area contributed by atoms with Crippen LogP contribution in [0.15, 0.2) is 17.8 Å². The summed E-state index contributed by atoms with van der Waals surface area (Å²) >= 11 is 1.69. The Morgan fingerprint density at radius 2 is 2.00 bits per heavy atom. The summed E-state index contributed by atoms with van der Waals surface area (Å²) in [5, 5.41) is 11.4. The lowest BCUT2D eigenvalue weighted by Crippen LogP contribution is -2.51. The fourth-order valence-corrected chi connectivity index (χ4v) is 3.73. The molecule has 1 aliphatic rings. The highest BCUT2D eigenvalue weighted by molar-refractivity contribution is 7.17. The van der Waals surface area contributed by atoms with E-state index in [1.54, 1.807) is 17.7 Å². The highest BCUT2D eigenvalue weighted by Gasteiger charge is 2.27. The first-order chi connectivity index (χ1) is 10.2. The van der Waals surface area contributed by atoms with Crippen LogP contribution in [0.4, 0.5) is 5.82 Å². The van der Waals surface area contributed by atoms with E-state index in [2.05, 4.69) is 45.1 Å². The number of hydrogen-bond acceptors (Lipinski definition) is 6. The average molecular weight is 301 g/mol. The van der Waals surface area contributed by atoms with Crippen molar-refractivity contribution in [3.05, 3.63) is 17.8 Å². The van der Waals surface area contributed by atoms with E-state index >= 15 is 0 Å². The summed E-state index contributed by atoms with van der Waals surface area (Å²) in [5.41, 5.74) is 1.02. The van der Waals surface area contributed by atoms with Gasteiger partial charge in [-0.1, -0.05) is 13.8 Å². The molecule has 3 heterocycles. The van der Waals surface area contributed by atoms with Gasteiger partial charge in [-0.2, -0.15) is 5.26 Å². The molecule has 2 aromatic heterocycles. The average Bonchev–Trinajstić information content (AvgIpc) is 2.97. The maximum absolute atomic E-state index is 9.32. The lowest BCUT2D eigenvalue weighted by atomic mass is 10.0. The number of hydrogen-bond donors (Lipinski definition) is 0. The van der Waals surface area contributed by atoms with Crippen molar-refractivity contribution in [3.8, 4) is 6.07 Å². The van der Waals surface area contributed by atoms with Gasteiger partial charge in [-0.25, -0.2) is 9.97 Å². The van der Waals surface area contributed by atoms with Crippen molar-refractivity contribution in [3.63, 3.8) is 0 Å². The Morgan fingerprint density at radius 3 is 2.67 bits per heavy atom. The van der Waals surface area contributed by atoms with E-state index in [0.29, 0.717) is 5.92 Å². The molecule has 0 bridgehead atoms. The third-order valence-corrected chi connectivity index (χ3v) is 4.89. The molecule has 0 spiro atoms. The van der Waals surface area contributed by atoms with Gasteiger partial charge in [-0.15, -0.1) is 11.3 Å². The maximum Gasteiger partial charge on any atom is 0.150 e. The molecule has 0 aromatic carbocycles. The predicted molar refractivity (Wildman–Crippen MR) is 85.4 cm³/mol. The van der Waals surface area contributed by atoms with Crippen molar-refractivity contribution in [1.29, 1.82) is 5.26 Å². The summed E-state index contributed by atoms with van der Waals surface area (Å²) in [4.78, 5) is 13.4. The Balaban J connectivity index is 1.74. The second kappa shape index (κ2) is 5.96. The van der Waals surface area contributed by atoms with Gasteiger partial charge in [0.15, 0.2) is 0 Å². The van der Waals surface area contributed by atoms with Gasteiger partial charge in [0.2, 0.25) is 0 Å². The summed E-state index contributed by atoms with van der Waals surface area (Å²) in [6.07, 6.45) is 1.64. The molecule has 0 saturated carbocycles. The SMILES string of the molecule is CC(C)C(C#N)N1CCN(c2ncnc3ccsc23)CC1. The highest BCUT2D eigenvalue weighted by atomic mass is 32.1. The number of nitrogens with zero attached hydrogens (tertiary/aromatic N) is 5. The fraction of sp³-hybridized carbons (Fsp3) is 0.533. The van der Waals surface area contributed by atoms with E-state index in [0.717, 1.165) is 42.2 Å². The van der Waals surface area contributed by atoms with Crippen LogP contribution in [0.5, 0.6) is 0 Å². The van der Waals surface area contributed by atoms with E-state index in [-0.39, 0.29) is 6.04 Å². The molecule has 6 heteroatoms. The number of fused-ring (bicyclic) bond motifs is 1. The number of piperazine rings is 1. The summed E-state index contributed by atoms with van der Waals surface area (Å²) in [5.74, 6) is 1.40. The molecule has 1 saturated heterocycles. The number of rotatable bonds is 3. The second-order valence-electron chi connectivity index (χ2n) is 5.67. The Morgan fingerprint density at radius 1 is 1.24 bits per heavy atom. The molecule has 2 aromatic rings. The first-order valence-electron chi connectivity index (χ1n) is 7.27. The van der Waals surface area contributed by atoms with Crippen LogP contribution in [-0.2, 0) is 0 Å². The van der Waals surface area contributed by atoms with Crippen molar-refractivity contribution < 1.29 is 0 Å². The maximum atomic E-state index is 9.32. The molecule has 110 valence electrons. The standard InChI is InChI=1S/C15H19N5S/c1-11(2)13(9-16)19-4-6-20(7-5-19)15-14-12(3-8-21-14)17-10-18-15/h3,8,10-11,13H,4-7H2,1-2H3. The minimum atomic E-state index is 0.0132. The molecule has 0 radical (unpaired) electrons. The second-order valence-corrected chi connectivity index (χ2v) is 6.59. The van der Waals surface area contributed by atoms with Gasteiger partial charge < -0.3 is 4.90 Å². The molecule has 1 atom stereocenters. The van der Waals surface area contributed by atoms with E-state index in [9.17, 15) is 5.26 Å². The van der Waals surface area contributed by atoms with Crippen molar-refractivity contribution in [2.24, 2.45) is 5.92 Å². The molecule has 1 fully saturated rings. The lowest BCUT2D eigenvalue weighted by Gasteiger charge is -2.38. The van der Waals surface area contributed by atoms with Gasteiger partial charge in [0, 0.05) is 26.2 Å². The molecule has 1 aliphatic heterocycles. The largest absolute Gasteiger partial charge is 0.353 e. The highest BCUT2D eigenvalue weighted by Crippen LogP contribution is 2.28. The van der Waals surface area contributed by atoms with Gasteiger partial charge in [0.1, 0.15) is 18.2 Å². The van der Waals surface area contributed by atoms with Gasteiger partial charge in [0.05, 0.1) is 16.3 Å². The summed E-state index contributed by atoms with van der Waals surface area (Å²) in [6, 6.07) is 4.48. The van der Waals surface area contributed by atoms with Gasteiger partial charge >= 0.3 is 0 Å². The van der Waals surface area contributed by atoms with Crippen LogP contribution in [0.25, 0.3) is 10.2 Å². The van der Waals surface area contributed by atoms with Crippen molar-refractivity contribution in [1.82, 2.24) is 14.9 Å². The van der Waals surface area contributed by atoms with Gasteiger partial charge in [-0.05, 0) is 17.4 Å². The lowest BCUT2D eigenvalue weighted by molar-refractivity contribution is 0.184. The smallest absolute Gasteiger partial charge is 0.150 e. The minimum absolute atomic E-state index is 0.0132. The van der Waals surface area contributed by atoms with Crippen LogP contribution in [0, 0.1) is 17.2 Å². The third kappa shape index (κ3) is 2.71. The molecule has 0 aliphatic carbocycles. The fourth-order valence-electron chi connectivity index (χ4n) is 2.87. The number of nitriles is 1. The Labute approximate surface area is 128 Å². The monoisotopic (exact) mass is 301 g/mol. The van der Waals surface area contributed by atoms with E-state index < -0.39 is 0 Å². The summed E-state index contributed by atoms with van der Waals surface area (Å²) in [7, 11) is 0. The quantitative estimate of drug-likeness (QED) is 0.871. The van der Waals surface area contributed by atoms with Crippen LogP contribution in [0.2, 0.25) is 0 Å². The number of thiophene rings is 1. The molecule has 1 unspecified atom stereocenters. The van der Waals surface area contributed by atoms with Crippen molar-refractivity contribution >= 4 is 27.4 Å². The summed E-state index contributed by atoms with van der Waals surface area (Å²) < 4.78 is 1.16. The Kier molecular flexibility index (Phi) is 4.04. The normalized spacial score (nSPS) is 18.1. The van der Waals surface area contributed by atoms with Gasteiger partial charge in [-0.3, -0.25) is 4.90 Å². The Hall–Kier alpha value is -1.71. The van der Waals surface area contributed by atoms with Gasteiger partial charge in [0.25, 0.3) is 0 Å². The zero-order chi connectivity index (χ0) is 14.8. The third-order valence-electron chi connectivity index (χ3n) is 4.00. The molecular weight excluding hydrogens is 282 g/mol. The number of aromatic nitrogens is 2. The molecule has 0 amide bonds. The minimum Gasteiger partial charge on any atom is -0.353 e. The molecule has 3 rings (SSSR count). The molecule has 21 heavy (non-hydrogen) atoms.